The van der Waals surface area contributed by atoms with Crippen molar-refractivity contribution in [3.8, 4) is 11.1 Å². The van der Waals surface area contributed by atoms with Gasteiger partial charge in [-0.1, -0.05) is 35.9 Å². The van der Waals surface area contributed by atoms with E-state index in [1.807, 2.05) is 37.3 Å². The lowest BCUT2D eigenvalue weighted by molar-refractivity contribution is 0.0526. The van der Waals surface area contributed by atoms with Crippen molar-refractivity contribution in [1.29, 1.82) is 0 Å². The molecule has 0 unspecified atom stereocenters. The molecule has 21 heavy (non-hydrogen) atoms. The average molecular weight is 282 g/mol. The van der Waals surface area contributed by atoms with Crippen LogP contribution < -0.4 is 0 Å². The predicted molar refractivity (Wildman–Crippen MR) is 82.6 cm³/mol. The van der Waals surface area contributed by atoms with Gasteiger partial charge < -0.3 is 4.74 Å². The molecule has 3 nitrogen and oxygen atoms in total. The molecule has 0 saturated heterocycles. The molecule has 0 spiro atoms. The summed E-state index contributed by atoms with van der Waals surface area (Å²) in [5.41, 5.74) is 4.08. The maximum absolute atomic E-state index is 11.7. The normalized spacial score (nSPS) is 10.2. The maximum Gasteiger partial charge on any atom is 0.338 e. The number of esters is 1. The van der Waals surface area contributed by atoms with Gasteiger partial charge in [-0.05, 0) is 44.0 Å². The Kier molecular flexibility index (Phi) is 4.53. The van der Waals surface area contributed by atoms with E-state index in [0.29, 0.717) is 17.7 Å². The largest absolute Gasteiger partial charge is 0.462 e. The van der Waals surface area contributed by atoms with E-state index in [1.165, 1.54) is 0 Å². The van der Waals surface area contributed by atoms with Gasteiger partial charge in [0.2, 0.25) is 0 Å². The molecule has 0 aliphatic heterocycles. The second-order valence-electron chi connectivity index (χ2n) is 4.90. The smallest absolute Gasteiger partial charge is 0.338 e. The fraction of sp³-hybridized carbons (Fsp3) is 0.222. The lowest BCUT2D eigenvalue weighted by Gasteiger charge is -2.09. The van der Waals surface area contributed by atoms with Crippen LogP contribution in [0.25, 0.3) is 11.1 Å². The van der Waals surface area contributed by atoms with Crippen molar-refractivity contribution in [3.63, 3.8) is 0 Å². The number of ketones is 1. The fourth-order valence-corrected chi connectivity index (χ4v) is 2.20. The van der Waals surface area contributed by atoms with E-state index in [0.717, 1.165) is 16.7 Å². The molecular formula is C18H18O3. The van der Waals surface area contributed by atoms with Crippen molar-refractivity contribution in [1.82, 2.24) is 0 Å². The van der Waals surface area contributed by atoms with Gasteiger partial charge in [0.05, 0.1) is 12.2 Å². The highest BCUT2D eigenvalue weighted by Gasteiger charge is 2.11. The number of rotatable bonds is 4. The first kappa shape index (κ1) is 15.0. The first-order chi connectivity index (χ1) is 10.0. The fourth-order valence-electron chi connectivity index (χ4n) is 2.20. The van der Waals surface area contributed by atoms with Gasteiger partial charge in [-0.2, -0.15) is 0 Å². The molecule has 0 aliphatic rings. The van der Waals surface area contributed by atoms with E-state index >= 15 is 0 Å². The van der Waals surface area contributed by atoms with E-state index in [4.69, 9.17) is 4.74 Å². The van der Waals surface area contributed by atoms with Crippen LogP contribution in [0.15, 0.2) is 42.5 Å². The summed E-state index contributed by atoms with van der Waals surface area (Å²) in [4.78, 5) is 23.4. The minimum Gasteiger partial charge on any atom is -0.462 e. The van der Waals surface area contributed by atoms with Crippen LogP contribution >= 0.6 is 0 Å². The summed E-state index contributed by atoms with van der Waals surface area (Å²) in [6.45, 7) is 5.67. The molecule has 0 aromatic heterocycles. The van der Waals surface area contributed by atoms with Gasteiger partial charge in [-0.25, -0.2) is 4.79 Å². The molecule has 0 bridgehead atoms. The highest BCUT2D eigenvalue weighted by atomic mass is 16.5. The van der Waals surface area contributed by atoms with Crippen molar-refractivity contribution in [3.05, 3.63) is 59.2 Å². The summed E-state index contributed by atoms with van der Waals surface area (Å²) in [5, 5.41) is 0. The molecule has 0 fully saturated rings. The first-order valence-corrected chi connectivity index (χ1v) is 6.92. The molecule has 2 aromatic rings. The van der Waals surface area contributed by atoms with Crippen molar-refractivity contribution >= 4 is 11.8 Å². The molecule has 0 atom stereocenters. The summed E-state index contributed by atoms with van der Waals surface area (Å²) in [6.07, 6.45) is 0. The van der Waals surface area contributed by atoms with Crippen LogP contribution in [0.2, 0.25) is 0 Å². The number of carbonyl (C=O) groups is 2. The topological polar surface area (TPSA) is 43.4 Å². The molecule has 0 saturated carbocycles. The van der Waals surface area contributed by atoms with Crippen molar-refractivity contribution in [2.75, 3.05) is 6.61 Å². The number of aryl methyl sites for hydroxylation is 1. The molecular weight excluding hydrogens is 264 g/mol. The average Bonchev–Trinajstić information content (AvgIpc) is 2.47. The van der Waals surface area contributed by atoms with Crippen LogP contribution in [0.5, 0.6) is 0 Å². The number of carbonyl (C=O) groups excluding carboxylic acids is 2. The monoisotopic (exact) mass is 282 g/mol. The van der Waals surface area contributed by atoms with E-state index in [1.54, 1.807) is 26.0 Å². The van der Waals surface area contributed by atoms with Crippen LogP contribution in [0.1, 0.15) is 40.1 Å². The lowest BCUT2D eigenvalue weighted by atomic mass is 9.95. The molecule has 108 valence electrons. The molecule has 3 heteroatoms. The second kappa shape index (κ2) is 6.35. The molecule has 2 rings (SSSR count). The molecule has 0 radical (unpaired) electrons. The van der Waals surface area contributed by atoms with Crippen molar-refractivity contribution in [2.24, 2.45) is 0 Å². The Morgan fingerprint density at radius 2 is 1.71 bits per heavy atom. The third kappa shape index (κ3) is 3.37. The summed E-state index contributed by atoms with van der Waals surface area (Å²) in [6, 6.07) is 12.9. The van der Waals surface area contributed by atoms with Gasteiger partial charge in [0.15, 0.2) is 5.78 Å². The molecule has 0 heterocycles. The Morgan fingerprint density at radius 1 is 1.05 bits per heavy atom. The Bertz CT molecular complexity index is 669. The Hall–Kier alpha value is -2.42. The Labute approximate surface area is 124 Å². The maximum atomic E-state index is 11.7. The Morgan fingerprint density at radius 3 is 2.29 bits per heavy atom. The standard InChI is InChI=1S/C18H18O3/c1-4-21-18(20)15-8-6-14(7-9-15)17-11-12(2)5-10-16(17)13(3)19/h5-11H,4H2,1-3H3. The third-order valence-corrected chi connectivity index (χ3v) is 3.26. The molecule has 0 N–H and O–H groups in total. The van der Waals surface area contributed by atoms with Crippen LogP contribution in [-0.4, -0.2) is 18.4 Å². The van der Waals surface area contributed by atoms with Crippen LogP contribution in [0.4, 0.5) is 0 Å². The molecule has 2 aromatic carbocycles. The summed E-state index contributed by atoms with van der Waals surface area (Å²) < 4.78 is 4.96. The van der Waals surface area contributed by atoms with Gasteiger partial charge in [0.1, 0.15) is 0 Å². The van der Waals surface area contributed by atoms with Crippen LogP contribution in [0.3, 0.4) is 0 Å². The predicted octanol–water partition coefficient (Wildman–Crippen LogP) is 4.04. The number of benzene rings is 2. The number of hydrogen-bond acceptors (Lipinski definition) is 3. The van der Waals surface area contributed by atoms with Gasteiger partial charge in [0.25, 0.3) is 0 Å². The highest BCUT2D eigenvalue weighted by Crippen LogP contribution is 2.26. The van der Waals surface area contributed by atoms with Crippen LogP contribution in [0, 0.1) is 6.92 Å². The number of hydrogen-bond donors (Lipinski definition) is 0. The third-order valence-electron chi connectivity index (χ3n) is 3.26. The van der Waals surface area contributed by atoms with Crippen molar-refractivity contribution < 1.29 is 14.3 Å². The van der Waals surface area contributed by atoms with Crippen LogP contribution in [-0.2, 0) is 4.74 Å². The molecule has 0 aliphatic carbocycles. The van der Waals surface area contributed by atoms with Crippen molar-refractivity contribution in [2.45, 2.75) is 20.8 Å². The zero-order valence-corrected chi connectivity index (χ0v) is 12.5. The summed E-state index contributed by atoms with van der Waals surface area (Å²) >= 11 is 0. The lowest BCUT2D eigenvalue weighted by Crippen LogP contribution is -2.04. The minimum absolute atomic E-state index is 0.0273. The van der Waals surface area contributed by atoms with Gasteiger partial charge in [-0.3, -0.25) is 4.79 Å². The Balaban J connectivity index is 2.41. The van der Waals surface area contributed by atoms with Gasteiger partial charge >= 0.3 is 5.97 Å². The van der Waals surface area contributed by atoms with Gasteiger partial charge in [-0.15, -0.1) is 0 Å². The van der Waals surface area contributed by atoms with E-state index < -0.39 is 0 Å². The van der Waals surface area contributed by atoms with E-state index in [2.05, 4.69) is 0 Å². The van der Waals surface area contributed by atoms with Gasteiger partial charge in [0, 0.05) is 5.56 Å². The summed E-state index contributed by atoms with van der Waals surface area (Å²) in [5.74, 6) is -0.306. The number of ether oxygens (including phenoxy) is 1. The minimum atomic E-state index is -0.333. The zero-order valence-electron chi connectivity index (χ0n) is 12.5. The first-order valence-electron chi connectivity index (χ1n) is 6.92. The van der Waals surface area contributed by atoms with E-state index in [9.17, 15) is 9.59 Å². The quantitative estimate of drug-likeness (QED) is 0.628. The second-order valence-corrected chi connectivity index (χ2v) is 4.90. The zero-order chi connectivity index (χ0) is 15.4. The summed E-state index contributed by atoms with van der Waals surface area (Å²) in [7, 11) is 0. The SMILES string of the molecule is CCOC(=O)c1ccc(-c2cc(C)ccc2C(C)=O)cc1. The highest BCUT2D eigenvalue weighted by molar-refractivity contribution is 6.01. The molecule has 0 amide bonds. The van der Waals surface area contributed by atoms with E-state index in [-0.39, 0.29) is 11.8 Å². The number of Topliss-reactive ketones (excluding diaryl/α,β-unsaturated/α-hetero) is 1.